The van der Waals surface area contributed by atoms with Gasteiger partial charge in [-0.3, -0.25) is 0 Å². The molecule has 0 atom stereocenters. The van der Waals surface area contributed by atoms with Gasteiger partial charge in [-0.05, 0) is 25.0 Å². The van der Waals surface area contributed by atoms with Crippen molar-refractivity contribution in [2.24, 2.45) is 0 Å². The average Bonchev–Trinajstić information content (AvgIpc) is 2.03. The summed E-state index contributed by atoms with van der Waals surface area (Å²) in [4.78, 5) is 3.91. The van der Waals surface area contributed by atoms with Gasteiger partial charge in [-0.15, -0.1) is 11.8 Å². The van der Waals surface area contributed by atoms with Crippen molar-refractivity contribution in [1.29, 1.82) is 0 Å². The van der Waals surface area contributed by atoms with E-state index in [-0.39, 0.29) is 0 Å². The van der Waals surface area contributed by atoms with Gasteiger partial charge in [-0.2, -0.15) is 0 Å². The van der Waals surface area contributed by atoms with Crippen LogP contribution in [0.4, 0.5) is 0 Å². The molecule has 1 fully saturated rings. The summed E-state index contributed by atoms with van der Waals surface area (Å²) in [5.74, 6) is 1.25. The molecular formula is C9H13NS. The topological polar surface area (TPSA) is 3.24 Å². The minimum Gasteiger partial charge on any atom is -0.373 e. The smallest absolute Gasteiger partial charge is 0.0537 e. The number of hydrogen-bond donors (Lipinski definition) is 0. The molecule has 1 aliphatic carbocycles. The Kier molecular flexibility index (Phi) is 1.53. The lowest BCUT2D eigenvalue weighted by Crippen LogP contribution is -2.31. The van der Waals surface area contributed by atoms with Crippen LogP contribution in [0.1, 0.15) is 13.8 Å². The van der Waals surface area contributed by atoms with Crippen molar-refractivity contribution in [3.63, 3.8) is 0 Å². The lowest BCUT2D eigenvalue weighted by atomic mass is 9.95. The van der Waals surface area contributed by atoms with E-state index in [0.29, 0.717) is 0 Å². The van der Waals surface area contributed by atoms with Crippen LogP contribution in [0.15, 0.2) is 21.7 Å². The van der Waals surface area contributed by atoms with E-state index in [1.54, 1.807) is 0 Å². The number of likely N-dealkylation sites (N-methyl/N-ethyl adjacent to an activating group) is 1. The zero-order valence-electron chi connectivity index (χ0n) is 7.27. The van der Waals surface area contributed by atoms with Gasteiger partial charge in [0.15, 0.2) is 0 Å². The molecule has 1 saturated heterocycles. The van der Waals surface area contributed by atoms with Crippen LogP contribution in [-0.2, 0) is 0 Å². The van der Waals surface area contributed by atoms with Crippen LogP contribution >= 0.6 is 11.8 Å². The second kappa shape index (κ2) is 2.31. The van der Waals surface area contributed by atoms with Gasteiger partial charge in [0.2, 0.25) is 0 Å². The first-order chi connectivity index (χ1) is 5.22. The summed E-state index contributed by atoms with van der Waals surface area (Å²) >= 11 is 2.01. The molecule has 1 heterocycles. The molecule has 2 aliphatic rings. The van der Waals surface area contributed by atoms with E-state index in [9.17, 15) is 0 Å². The summed E-state index contributed by atoms with van der Waals surface area (Å²) in [6.07, 6.45) is 0. The summed E-state index contributed by atoms with van der Waals surface area (Å²) in [6.45, 7) is 5.64. The molecule has 0 amide bonds. The number of nitrogens with zero attached hydrogens (tertiary/aromatic N) is 1. The van der Waals surface area contributed by atoms with Crippen molar-refractivity contribution < 1.29 is 0 Å². The number of fused-ring (bicyclic) bond motifs is 1. The Morgan fingerprint density at radius 2 is 2.00 bits per heavy atom. The quantitative estimate of drug-likeness (QED) is 0.544. The van der Waals surface area contributed by atoms with Crippen molar-refractivity contribution in [2.45, 2.75) is 13.8 Å². The largest absolute Gasteiger partial charge is 0.373 e. The second-order valence-electron chi connectivity index (χ2n) is 3.20. The SMILES string of the molecule is CC1=C2SCCN(C)C2=C1C. The Morgan fingerprint density at radius 3 is 2.64 bits per heavy atom. The van der Waals surface area contributed by atoms with Crippen molar-refractivity contribution in [2.75, 3.05) is 19.3 Å². The molecule has 2 heteroatoms. The highest BCUT2D eigenvalue weighted by atomic mass is 32.2. The lowest BCUT2D eigenvalue weighted by molar-refractivity contribution is 0.441. The first kappa shape index (κ1) is 7.29. The molecule has 0 N–H and O–H groups in total. The van der Waals surface area contributed by atoms with Crippen molar-refractivity contribution in [3.8, 4) is 0 Å². The Labute approximate surface area is 72.2 Å². The Bertz CT molecular complexity index is 263. The van der Waals surface area contributed by atoms with Gasteiger partial charge in [-0.1, -0.05) is 0 Å². The second-order valence-corrected chi connectivity index (χ2v) is 4.30. The molecule has 0 radical (unpaired) electrons. The molecule has 0 aromatic heterocycles. The Balaban J connectivity index is 2.30. The fourth-order valence-electron chi connectivity index (χ4n) is 1.67. The van der Waals surface area contributed by atoms with E-state index in [1.807, 2.05) is 11.8 Å². The summed E-state index contributed by atoms with van der Waals surface area (Å²) < 4.78 is 0. The van der Waals surface area contributed by atoms with Crippen LogP contribution in [0.25, 0.3) is 0 Å². The number of rotatable bonds is 0. The van der Waals surface area contributed by atoms with Crippen LogP contribution in [0.2, 0.25) is 0 Å². The highest BCUT2D eigenvalue weighted by Crippen LogP contribution is 2.45. The maximum absolute atomic E-state index is 2.37. The maximum Gasteiger partial charge on any atom is 0.0537 e. The predicted molar refractivity (Wildman–Crippen MR) is 50.5 cm³/mol. The van der Waals surface area contributed by atoms with Crippen LogP contribution in [-0.4, -0.2) is 24.2 Å². The highest BCUT2D eigenvalue weighted by Gasteiger charge is 2.29. The van der Waals surface area contributed by atoms with Gasteiger partial charge in [0.25, 0.3) is 0 Å². The molecule has 0 aromatic rings. The third-order valence-electron chi connectivity index (χ3n) is 2.53. The fraction of sp³-hybridized carbons (Fsp3) is 0.556. The molecule has 1 nitrogen and oxygen atoms in total. The van der Waals surface area contributed by atoms with Gasteiger partial charge in [0, 0.05) is 24.3 Å². The van der Waals surface area contributed by atoms with Gasteiger partial charge in [-0.25, -0.2) is 0 Å². The molecule has 0 unspecified atom stereocenters. The van der Waals surface area contributed by atoms with Crippen LogP contribution in [0.3, 0.4) is 0 Å². The highest BCUT2D eigenvalue weighted by molar-refractivity contribution is 8.03. The molecule has 0 saturated carbocycles. The van der Waals surface area contributed by atoms with Crippen molar-refractivity contribution in [1.82, 2.24) is 4.90 Å². The molecule has 1 aliphatic heterocycles. The van der Waals surface area contributed by atoms with Gasteiger partial charge in [0.1, 0.15) is 0 Å². The average molecular weight is 167 g/mol. The van der Waals surface area contributed by atoms with Crippen LogP contribution in [0.5, 0.6) is 0 Å². The van der Waals surface area contributed by atoms with Crippen LogP contribution < -0.4 is 0 Å². The van der Waals surface area contributed by atoms with E-state index in [2.05, 4.69) is 25.8 Å². The summed E-state index contributed by atoms with van der Waals surface area (Å²) in [5.41, 5.74) is 4.50. The standard InChI is InChI=1S/C9H13NS/c1-6-7(2)9-8(6)10(3)4-5-11-9/h4-5H2,1-3H3. The lowest BCUT2D eigenvalue weighted by Gasteiger charge is -2.38. The molecule has 2 rings (SSSR count). The van der Waals surface area contributed by atoms with Gasteiger partial charge >= 0.3 is 0 Å². The number of thioether (sulfide) groups is 1. The first-order valence-corrected chi connectivity index (χ1v) is 4.97. The van der Waals surface area contributed by atoms with Crippen LogP contribution in [0, 0.1) is 0 Å². The normalized spacial score (nSPS) is 23.7. The van der Waals surface area contributed by atoms with Crippen molar-refractivity contribution >= 4 is 11.8 Å². The first-order valence-electron chi connectivity index (χ1n) is 3.98. The fourth-order valence-corrected chi connectivity index (χ4v) is 3.05. The Morgan fingerprint density at radius 1 is 1.27 bits per heavy atom. The zero-order valence-corrected chi connectivity index (χ0v) is 8.09. The van der Waals surface area contributed by atoms with E-state index < -0.39 is 0 Å². The monoisotopic (exact) mass is 167 g/mol. The predicted octanol–water partition coefficient (Wildman–Crippen LogP) is 2.23. The van der Waals surface area contributed by atoms with Crippen molar-refractivity contribution in [3.05, 3.63) is 21.7 Å². The van der Waals surface area contributed by atoms with E-state index in [4.69, 9.17) is 0 Å². The molecule has 11 heavy (non-hydrogen) atoms. The number of allylic oxidation sites excluding steroid dienone is 2. The van der Waals surface area contributed by atoms with E-state index >= 15 is 0 Å². The molecule has 60 valence electrons. The minimum absolute atomic E-state index is 1.20. The Hall–Kier alpha value is -0.370. The molecule has 0 aromatic carbocycles. The van der Waals surface area contributed by atoms with E-state index in [1.165, 1.54) is 34.0 Å². The molecular weight excluding hydrogens is 154 g/mol. The number of hydrogen-bond acceptors (Lipinski definition) is 2. The van der Waals surface area contributed by atoms with Gasteiger partial charge < -0.3 is 4.90 Å². The van der Waals surface area contributed by atoms with Gasteiger partial charge in [0.05, 0.1) is 5.70 Å². The third-order valence-corrected chi connectivity index (χ3v) is 3.70. The summed E-state index contributed by atoms with van der Waals surface area (Å²) in [7, 11) is 2.19. The summed E-state index contributed by atoms with van der Waals surface area (Å²) in [5, 5.41) is 0. The third kappa shape index (κ3) is 0.853. The minimum atomic E-state index is 1.20. The maximum atomic E-state index is 2.37. The zero-order chi connectivity index (χ0) is 8.01. The summed E-state index contributed by atoms with van der Waals surface area (Å²) in [6, 6.07) is 0. The molecule has 0 bridgehead atoms. The molecule has 0 spiro atoms. The van der Waals surface area contributed by atoms with E-state index in [0.717, 1.165) is 0 Å².